The highest BCUT2D eigenvalue weighted by Crippen LogP contribution is 2.44. The molecule has 2 aromatic heterocycles. The molecule has 2 aliphatic rings. The van der Waals surface area contributed by atoms with Gasteiger partial charge in [-0.05, 0) is 58.0 Å². The van der Waals surface area contributed by atoms with Crippen LogP contribution in [-0.4, -0.2) is 89.0 Å². The second kappa shape index (κ2) is 12.6. The number of ether oxygens (including phenoxy) is 1. The fraction of sp³-hybridized carbons (Fsp3) is 0.533. The van der Waals surface area contributed by atoms with E-state index in [1.165, 1.54) is 13.0 Å². The zero-order valence-corrected chi connectivity index (χ0v) is 25.9. The Morgan fingerprint density at radius 3 is 2.57 bits per heavy atom. The van der Waals surface area contributed by atoms with E-state index in [2.05, 4.69) is 24.8 Å². The molecule has 0 aliphatic carbocycles. The van der Waals surface area contributed by atoms with E-state index in [1.807, 2.05) is 25.8 Å². The van der Waals surface area contributed by atoms with Gasteiger partial charge in [-0.1, -0.05) is 18.5 Å². The van der Waals surface area contributed by atoms with E-state index < -0.39 is 28.8 Å². The van der Waals surface area contributed by atoms with Crippen molar-refractivity contribution in [1.29, 1.82) is 0 Å². The largest absolute Gasteiger partial charge is 0.462 e. The molecule has 238 valence electrons. The van der Waals surface area contributed by atoms with Crippen LogP contribution in [0.3, 0.4) is 0 Å². The topological polar surface area (TPSA) is 101 Å². The standard InChI is InChI=1S/C30H36ClF4N7O2/c1-5-19(43)14-41-9-10-42(17(3)13-41)28-20-12-21(31)23(27-24(30(33,34)35)16(2)11-22(36)37-27)25(32)26(20)38-29(39-28)44-15-18-7-6-8-40(18)4/h11-12,17-18H,5-10,13-15H2,1-4H3,(H2,36,37). The van der Waals surface area contributed by atoms with Gasteiger partial charge in [-0.15, -0.1) is 0 Å². The smallest absolute Gasteiger partial charge is 0.418 e. The summed E-state index contributed by atoms with van der Waals surface area (Å²) < 4.78 is 65.2. The first-order valence-electron chi connectivity index (χ1n) is 14.7. The lowest BCUT2D eigenvalue weighted by molar-refractivity contribution is -0.137. The van der Waals surface area contributed by atoms with Gasteiger partial charge < -0.3 is 20.3 Å². The number of likely N-dealkylation sites (tertiary alicyclic amines) is 1. The average Bonchev–Trinajstić information content (AvgIpc) is 3.35. The molecule has 0 amide bonds. The lowest BCUT2D eigenvalue weighted by Gasteiger charge is -2.40. The van der Waals surface area contributed by atoms with Crippen LogP contribution in [0.1, 0.15) is 44.2 Å². The number of ketones is 1. The number of hydrogen-bond donors (Lipinski definition) is 1. The van der Waals surface area contributed by atoms with E-state index in [4.69, 9.17) is 22.1 Å². The number of alkyl halides is 3. The molecule has 2 atom stereocenters. The maximum Gasteiger partial charge on any atom is 0.418 e. The zero-order valence-electron chi connectivity index (χ0n) is 25.1. The Bertz CT molecular complexity index is 1570. The van der Waals surface area contributed by atoms with Crippen molar-refractivity contribution in [2.75, 3.05) is 57.0 Å². The maximum absolute atomic E-state index is 16.6. The third-order valence-electron chi connectivity index (χ3n) is 8.45. The first kappa shape index (κ1) is 32.1. The van der Waals surface area contributed by atoms with Gasteiger partial charge in [0.15, 0.2) is 5.82 Å². The minimum atomic E-state index is -4.85. The molecule has 2 unspecified atom stereocenters. The van der Waals surface area contributed by atoms with E-state index >= 15 is 4.39 Å². The molecule has 2 aliphatic heterocycles. The van der Waals surface area contributed by atoms with E-state index in [0.717, 1.165) is 25.5 Å². The summed E-state index contributed by atoms with van der Waals surface area (Å²) in [6, 6.07) is 2.34. The third-order valence-corrected chi connectivity index (χ3v) is 8.75. The quantitative estimate of drug-likeness (QED) is 0.327. The number of pyridine rings is 1. The lowest BCUT2D eigenvalue weighted by Crippen LogP contribution is -2.53. The molecule has 9 nitrogen and oxygen atoms in total. The number of aryl methyl sites for hydroxylation is 1. The van der Waals surface area contributed by atoms with Gasteiger partial charge in [0.1, 0.15) is 29.5 Å². The predicted octanol–water partition coefficient (Wildman–Crippen LogP) is 5.36. The van der Waals surface area contributed by atoms with Crippen LogP contribution in [0, 0.1) is 12.7 Å². The van der Waals surface area contributed by atoms with Crippen LogP contribution in [-0.2, 0) is 11.0 Å². The van der Waals surface area contributed by atoms with E-state index in [0.29, 0.717) is 38.4 Å². The molecule has 0 saturated carbocycles. The van der Waals surface area contributed by atoms with Crippen molar-refractivity contribution in [3.63, 3.8) is 0 Å². The van der Waals surface area contributed by atoms with Crippen LogP contribution in [0.15, 0.2) is 12.1 Å². The van der Waals surface area contributed by atoms with Gasteiger partial charge in [0.25, 0.3) is 0 Å². The van der Waals surface area contributed by atoms with Crippen LogP contribution in [0.5, 0.6) is 6.01 Å². The summed E-state index contributed by atoms with van der Waals surface area (Å²) in [5.41, 5.74) is 2.97. The number of piperazine rings is 1. The summed E-state index contributed by atoms with van der Waals surface area (Å²) in [5, 5.41) is -0.0652. The highest BCUT2D eigenvalue weighted by molar-refractivity contribution is 6.34. The van der Waals surface area contributed by atoms with Crippen LogP contribution in [0.25, 0.3) is 22.2 Å². The lowest BCUT2D eigenvalue weighted by atomic mass is 9.99. The summed E-state index contributed by atoms with van der Waals surface area (Å²) in [6.45, 7) is 8.11. The second-order valence-electron chi connectivity index (χ2n) is 11.6. The van der Waals surface area contributed by atoms with E-state index in [-0.39, 0.29) is 57.8 Å². The fourth-order valence-corrected chi connectivity index (χ4v) is 6.39. The van der Waals surface area contributed by atoms with Crippen molar-refractivity contribution >= 4 is 39.9 Å². The van der Waals surface area contributed by atoms with Crippen molar-refractivity contribution in [1.82, 2.24) is 24.8 Å². The molecular formula is C30H36ClF4N7O2. The van der Waals surface area contributed by atoms with Gasteiger partial charge >= 0.3 is 12.2 Å². The number of nitrogens with two attached hydrogens (primary N) is 1. The van der Waals surface area contributed by atoms with Gasteiger partial charge in [0, 0.05) is 43.5 Å². The summed E-state index contributed by atoms with van der Waals surface area (Å²) in [6.07, 6.45) is -2.47. The number of carbonyl (C=O) groups excluding carboxylic acids is 1. The number of halogens is 5. The number of rotatable bonds is 8. The predicted molar refractivity (Wildman–Crippen MR) is 162 cm³/mol. The number of likely N-dealkylation sites (N-methyl/N-ethyl adjacent to an activating group) is 1. The summed E-state index contributed by atoms with van der Waals surface area (Å²) >= 11 is 6.57. The number of aromatic nitrogens is 3. The van der Waals surface area contributed by atoms with Crippen LogP contribution in [0.4, 0.5) is 29.2 Å². The number of hydrogen-bond acceptors (Lipinski definition) is 9. The molecule has 2 fully saturated rings. The molecule has 5 rings (SSSR count). The van der Waals surface area contributed by atoms with Crippen molar-refractivity contribution in [3.8, 4) is 17.3 Å². The first-order chi connectivity index (χ1) is 20.8. The van der Waals surface area contributed by atoms with E-state index in [9.17, 15) is 18.0 Å². The van der Waals surface area contributed by atoms with Crippen molar-refractivity contribution < 1.29 is 27.1 Å². The van der Waals surface area contributed by atoms with Crippen molar-refractivity contribution in [2.45, 2.75) is 58.3 Å². The van der Waals surface area contributed by atoms with Gasteiger partial charge in [-0.25, -0.2) is 9.37 Å². The molecule has 3 aromatic rings. The third kappa shape index (κ3) is 6.40. The van der Waals surface area contributed by atoms with E-state index in [1.54, 1.807) is 0 Å². The Hall–Kier alpha value is -3.29. The number of anilines is 2. The number of benzene rings is 1. The van der Waals surface area contributed by atoms with Crippen LogP contribution < -0.4 is 15.4 Å². The number of carbonyl (C=O) groups is 1. The Balaban J connectivity index is 1.64. The van der Waals surface area contributed by atoms with Gasteiger partial charge in [-0.2, -0.15) is 23.1 Å². The van der Waals surface area contributed by atoms with Crippen LogP contribution in [0.2, 0.25) is 5.02 Å². The monoisotopic (exact) mass is 637 g/mol. The molecule has 0 radical (unpaired) electrons. The number of Topliss-reactive ketones (excluding diaryl/α,β-unsaturated/α-hetero) is 1. The molecule has 0 spiro atoms. The highest BCUT2D eigenvalue weighted by atomic mass is 35.5. The Kier molecular flexibility index (Phi) is 9.20. The first-order valence-corrected chi connectivity index (χ1v) is 15.0. The van der Waals surface area contributed by atoms with Crippen LogP contribution >= 0.6 is 11.6 Å². The minimum Gasteiger partial charge on any atom is -0.462 e. The summed E-state index contributed by atoms with van der Waals surface area (Å²) in [4.78, 5) is 31.2. The van der Waals surface area contributed by atoms with Gasteiger partial charge in [-0.3, -0.25) is 9.69 Å². The average molecular weight is 638 g/mol. The number of nitrogens with zero attached hydrogens (tertiary/aromatic N) is 6. The molecule has 4 heterocycles. The van der Waals surface area contributed by atoms with Crippen molar-refractivity contribution in [3.05, 3.63) is 34.1 Å². The number of fused-ring (bicyclic) bond motifs is 1. The Morgan fingerprint density at radius 1 is 1.18 bits per heavy atom. The fourth-order valence-electron chi connectivity index (χ4n) is 6.11. The summed E-state index contributed by atoms with van der Waals surface area (Å²) in [7, 11) is 1.99. The molecule has 14 heteroatoms. The SMILES string of the molecule is CCC(=O)CN1CCN(c2nc(OCC3CCCN3C)nc3c(F)c(-c4nc(N)cc(C)c4C(F)(F)F)c(Cl)cc23)C(C)C1. The zero-order chi connectivity index (χ0) is 31.9. The second-order valence-corrected chi connectivity index (χ2v) is 12.0. The molecule has 0 bridgehead atoms. The molecule has 2 saturated heterocycles. The van der Waals surface area contributed by atoms with Gasteiger partial charge in [0.05, 0.1) is 28.4 Å². The Morgan fingerprint density at radius 2 is 1.93 bits per heavy atom. The molecule has 2 N–H and O–H groups in total. The number of nitrogen functional groups attached to an aromatic ring is 1. The highest BCUT2D eigenvalue weighted by Gasteiger charge is 2.39. The molecular weight excluding hydrogens is 602 g/mol. The Labute approximate surface area is 258 Å². The van der Waals surface area contributed by atoms with Crippen molar-refractivity contribution in [2.24, 2.45) is 0 Å². The van der Waals surface area contributed by atoms with Gasteiger partial charge in [0.2, 0.25) is 0 Å². The summed E-state index contributed by atoms with van der Waals surface area (Å²) in [5.74, 6) is -0.807. The minimum absolute atomic E-state index is 0.0940. The maximum atomic E-state index is 16.6. The molecule has 44 heavy (non-hydrogen) atoms. The normalized spacial score (nSPS) is 20.1. The molecule has 1 aromatic carbocycles.